The number of halogens is 2. The molecule has 70 valence electrons. The van der Waals surface area contributed by atoms with Gasteiger partial charge in [0.05, 0.1) is 0 Å². The predicted octanol–water partition coefficient (Wildman–Crippen LogP) is 4.15. The molecule has 0 spiro atoms. The molecule has 13 heavy (non-hydrogen) atoms. The van der Waals surface area contributed by atoms with E-state index < -0.39 is 0 Å². The summed E-state index contributed by atoms with van der Waals surface area (Å²) in [6.45, 7) is 2.10. The van der Waals surface area contributed by atoms with Crippen molar-refractivity contribution in [1.82, 2.24) is 0 Å². The Labute approximate surface area is 92.4 Å². The van der Waals surface area contributed by atoms with Crippen LogP contribution in [0.3, 0.4) is 0 Å². The Morgan fingerprint density at radius 3 is 2.77 bits per heavy atom. The molecule has 1 aliphatic carbocycles. The van der Waals surface area contributed by atoms with Crippen LogP contribution in [-0.2, 0) is 0 Å². The van der Waals surface area contributed by atoms with Gasteiger partial charge in [0, 0.05) is 10.4 Å². The summed E-state index contributed by atoms with van der Waals surface area (Å²) in [5.41, 5.74) is 2.68. The Morgan fingerprint density at radius 1 is 1.46 bits per heavy atom. The maximum absolute atomic E-state index is 6.00. The molecule has 1 aliphatic rings. The van der Waals surface area contributed by atoms with Gasteiger partial charge < -0.3 is 0 Å². The van der Waals surface area contributed by atoms with Crippen LogP contribution in [0.2, 0.25) is 5.02 Å². The summed E-state index contributed by atoms with van der Waals surface area (Å²) in [6.07, 6.45) is 1.31. The SMILES string of the molecule is Cc1cc(Cl)cc(C2CC2CBr)c1. The molecular weight excluding hydrogens is 247 g/mol. The topological polar surface area (TPSA) is 0 Å². The van der Waals surface area contributed by atoms with Gasteiger partial charge in [0.15, 0.2) is 0 Å². The molecule has 0 saturated heterocycles. The summed E-state index contributed by atoms with van der Waals surface area (Å²) < 4.78 is 0. The van der Waals surface area contributed by atoms with Crippen molar-refractivity contribution >= 4 is 27.5 Å². The number of hydrogen-bond acceptors (Lipinski definition) is 0. The van der Waals surface area contributed by atoms with Crippen LogP contribution in [0, 0.1) is 12.8 Å². The Balaban J connectivity index is 2.22. The van der Waals surface area contributed by atoms with Crippen molar-refractivity contribution in [3.63, 3.8) is 0 Å². The van der Waals surface area contributed by atoms with Crippen molar-refractivity contribution in [3.8, 4) is 0 Å². The van der Waals surface area contributed by atoms with Gasteiger partial charge in [-0.15, -0.1) is 0 Å². The van der Waals surface area contributed by atoms with Crippen molar-refractivity contribution in [2.75, 3.05) is 5.33 Å². The highest BCUT2D eigenvalue weighted by molar-refractivity contribution is 9.09. The van der Waals surface area contributed by atoms with Crippen molar-refractivity contribution < 1.29 is 0 Å². The molecule has 1 aromatic carbocycles. The normalized spacial score (nSPS) is 26.1. The van der Waals surface area contributed by atoms with Crippen LogP contribution < -0.4 is 0 Å². The molecule has 0 heterocycles. The minimum Gasteiger partial charge on any atom is -0.0925 e. The molecule has 1 fully saturated rings. The number of aryl methyl sites for hydroxylation is 1. The zero-order valence-corrected chi connectivity index (χ0v) is 9.90. The molecular formula is C11H12BrCl. The van der Waals surface area contributed by atoms with Crippen LogP contribution in [-0.4, -0.2) is 5.33 Å². The molecule has 0 aromatic heterocycles. The lowest BCUT2D eigenvalue weighted by Gasteiger charge is -2.02. The second-order valence-corrected chi connectivity index (χ2v) is 4.90. The largest absolute Gasteiger partial charge is 0.0925 e. The molecule has 0 amide bonds. The summed E-state index contributed by atoms with van der Waals surface area (Å²) in [4.78, 5) is 0. The molecule has 2 heteroatoms. The molecule has 0 radical (unpaired) electrons. The molecule has 1 saturated carbocycles. The van der Waals surface area contributed by atoms with Crippen molar-refractivity contribution in [2.45, 2.75) is 19.3 Å². The van der Waals surface area contributed by atoms with Gasteiger partial charge in [-0.25, -0.2) is 0 Å². The third-order valence-corrected chi connectivity index (χ3v) is 3.66. The minimum absolute atomic E-state index is 0.747. The van der Waals surface area contributed by atoms with E-state index in [0.29, 0.717) is 0 Å². The third kappa shape index (κ3) is 2.08. The fourth-order valence-electron chi connectivity index (χ4n) is 1.81. The second-order valence-electron chi connectivity index (χ2n) is 3.82. The molecule has 0 bridgehead atoms. The molecule has 2 rings (SSSR count). The van der Waals surface area contributed by atoms with Gasteiger partial charge in [-0.1, -0.05) is 33.6 Å². The first kappa shape index (κ1) is 9.54. The molecule has 0 nitrogen and oxygen atoms in total. The summed E-state index contributed by atoms with van der Waals surface area (Å²) in [5, 5.41) is 1.98. The third-order valence-electron chi connectivity index (χ3n) is 2.61. The average Bonchev–Trinajstić information content (AvgIpc) is 2.80. The fourth-order valence-corrected chi connectivity index (χ4v) is 2.82. The molecule has 1 aromatic rings. The standard InChI is InChI=1S/C11H12BrCl/c1-7-2-8(4-10(13)3-7)11-5-9(11)6-12/h2-4,9,11H,5-6H2,1H3. The Hall–Kier alpha value is -0.0100. The van der Waals surface area contributed by atoms with Gasteiger partial charge in [0.2, 0.25) is 0 Å². The smallest absolute Gasteiger partial charge is 0.0411 e. The van der Waals surface area contributed by atoms with Gasteiger partial charge in [-0.2, -0.15) is 0 Å². The maximum Gasteiger partial charge on any atom is 0.0411 e. The first-order valence-electron chi connectivity index (χ1n) is 4.54. The van der Waals surface area contributed by atoms with Gasteiger partial charge in [-0.05, 0) is 48.4 Å². The molecule has 2 unspecified atom stereocenters. The van der Waals surface area contributed by atoms with E-state index >= 15 is 0 Å². The Morgan fingerprint density at radius 2 is 2.23 bits per heavy atom. The van der Waals surface area contributed by atoms with E-state index in [4.69, 9.17) is 11.6 Å². The van der Waals surface area contributed by atoms with Crippen LogP contribution in [0.15, 0.2) is 18.2 Å². The molecule has 0 N–H and O–H groups in total. The molecule has 0 aliphatic heterocycles. The average molecular weight is 260 g/mol. The zero-order chi connectivity index (χ0) is 9.42. The van der Waals surface area contributed by atoms with Gasteiger partial charge in [0.1, 0.15) is 0 Å². The summed E-state index contributed by atoms with van der Waals surface area (Å²) >= 11 is 9.52. The monoisotopic (exact) mass is 258 g/mol. The predicted molar refractivity (Wildman–Crippen MR) is 60.8 cm³/mol. The van der Waals surface area contributed by atoms with E-state index in [1.807, 2.05) is 6.07 Å². The van der Waals surface area contributed by atoms with Crippen LogP contribution in [0.1, 0.15) is 23.5 Å². The number of alkyl halides is 1. The van der Waals surface area contributed by atoms with Crippen molar-refractivity contribution in [3.05, 3.63) is 34.3 Å². The van der Waals surface area contributed by atoms with Crippen LogP contribution in [0.5, 0.6) is 0 Å². The summed E-state index contributed by atoms with van der Waals surface area (Å²) in [6, 6.07) is 6.36. The highest BCUT2D eigenvalue weighted by Gasteiger charge is 2.37. The van der Waals surface area contributed by atoms with E-state index in [0.717, 1.165) is 22.2 Å². The zero-order valence-electron chi connectivity index (χ0n) is 7.56. The highest BCUT2D eigenvalue weighted by atomic mass is 79.9. The van der Waals surface area contributed by atoms with Gasteiger partial charge >= 0.3 is 0 Å². The molecule has 2 atom stereocenters. The lowest BCUT2D eigenvalue weighted by atomic mass is 10.1. The second kappa shape index (κ2) is 3.62. The highest BCUT2D eigenvalue weighted by Crippen LogP contribution is 2.48. The lowest BCUT2D eigenvalue weighted by molar-refractivity contribution is 0.935. The van der Waals surface area contributed by atoms with E-state index in [1.165, 1.54) is 17.5 Å². The van der Waals surface area contributed by atoms with Crippen LogP contribution in [0.25, 0.3) is 0 Å². The van der Waals surface area contributed by atoms with Crippen molar-refractivity contribution in [2.24, 2.45) is 5.92 Å². The minimum atomic E-state index is 0.747. The number of benzene rings is 1. The van der Waals surface area contributed by atoms with E-state index in [1.54, 1.807) is 0 Å². The van der Waals surface area contributed by atoms with Gasteiger partial charge in [0.25, 0.3) is 0 Å². The lowest BCUT2D eigenvalue weighted by Crippen LogP contribution is -1.86. The first-order valence-corrected chi connectivity index (χ1v) is 6.03. The van der Waals surface area contributed by atoms with E-state index in [-0.39, 0.29) is 0 Å². The van der Waals surface area contributed by atoms with Crippen LogP contribution in [0.4, 0.5) is 0 Å². The number of rotatable bonds is 2. The van der Waals surface area contributed by atoms with Gasteiger partial charge in [-0.3, -0.25) is 0 Å². The first-order chi connectivity index (χ1) is 6.20. The van der Waals surface area contributed by atoms with E-state index in [9.17, 15) is 0 Å². The summed E-state index contributed by atoms with van der Waals surface area (Å²) in [5.74, 6) is 1.58. The maximum atomic E-state index is 6.00. The Bertz CT molecular complexity index is 302. The summed E-state index contributed by atoms with van der Waals surface area (Å²) in [7, 11) is 0. The fraction of sp³-hybridized carbons (Fsp3) is 0.455. The van der Waals surface area contributed by atoms with Crippen molar-refractivity contribution in [1.29, 1.82) is 0 Å². The quantitative estimate of drug-likeness (QED) is 0.700. The van der Waals surface area contributed by atoms with E-state index in [2.05, 4.69) is 35.0 Å². The Kier molecular flexibility index (Phi) is 2.66. The number of hydrogen-bond donors (Lipinski definition) is 0. The van der Waals surface area contributed by atoms with Crippen LogP contribution >= 0.6 is 27.5 Å².